The largest absolute Gasteiger partial charge is 0.450 e. The standard InChI is InChI=1S/C12H15F3O/c13-12(14,15)10(16)11-4-7-1-8(5-11)3-9(2-7)6-11/h7-9H,1-6H2. The van der Waals surface area contributed by atoms with Crippen molar-refractivity contribution in [1.82, 2.24) is 0 Å². The molecule has 4 heteroatoms. The van der Waals surface area contributed by atoms with E-state index < -0.39 is 17.4 Å². The van der Waals surface area contributed by atoms with Crippen LogP contribution in [0.2, 0.25) is 0 Å². The second-order valence-corrected chi connectivity index (χ2v) is 6.02. The van der Waals surface area contributed by atoms with Crippen LogP contribution in [0.25, 0.3) is 0 Å². The molecule has 4 aliphatic carbocycles. The van der Waals surface area contributed by atoms with Gasteiger partial charge in [0.15, 0.2) is 0 Å². The molecule has 4 fully saturated rings. The summed E-state index contributed by atoms with van der Waals surface area (Å²) in [5.74, 6) is -0.272. The van der Waals surface area contributed by atoms with Crippen LogP contribution >= 0.6 is 0 Å². The van der Waals surface area contributed by atoms with E-state index in [0.29, 0.717) is 37.0 Å². The normalized spacial score (nSPS) is 46.1. The number of halogens is 3. The monoisotopic (exact) mass is 232 g/mol. The first kappa shape index (κ1) is 10.6. The van der Waals surface area contributed by atoms with Crippen molar-refractivity contribution in [2.24, 2.45) is 23.2 Å². The van der Waals surface area contributed by atoms with Crippen molar-refractivity contribution in [1.29, 1.82) is 0 Å². The van der Waals surface area contributed by atoms with Crippen molar-refractivity contribution in [2.75, 3.05) is 0 Å². The van der Waals surface area contributed by atoms with Crippen molar-refractivity contribution < 1.29 is 18.0 Å². The second kappa shape index (κ2) is 3.02. The molecule has 0 aliphatic heterocycles. The van der Waals surface area contributed by atoms with E-state index in [1.807, 2.05) is 0 Å². The maximum Gasteiger partial charge on any atom is 0.450 e. The van der Waals surface area contributed by atoms with E-state index in [0.717, 1.165) is 19.3 Å². The second-order valence-electron chi connectivity index (χ2n) is 6.02. The highest BCUT2D eigenvalue weighted by Crippen LogP contribution is 2.61. The van der Waals surface area contributed by atoms with Crippen LogP contribution in [0.1, 0.15) is 38.5 Å². The van der Waals surface area contributed by atoms with E-state index in [9.17, 15) is 18.0 Å². The highest BCUT2D eigenvalue weighted by molar-refractivity contribution is 5.90. The van der Waals surface area contributed by atoms with Gasteiger partial charge in [-0.15, -0.1) is 0 Å². The SMILES string of the molecule is O=C(C(F)(F)F)C12CC3CC(CC(C3)C1)C2. The third-order valence-corrected chi connectivity index (χ3v) is 4.78. The average molecular weight is 232 g/mol. The first-order chi connectivity index (χ1) is 7.39. The maximum atomic E-state index is 12.6. The van der Waals surface area contributed by atoms with Crippen LogP contribution in [0.4, 0.5) is 13.2 Å². The van der Waals surface area contributed by atoms with E-state index in [1.54, 1.807) is 0 Å². The summed E-state index contributed by atoms with van der Waals surface area (Å²) in [5.41, 5.74) is -1.02. The Labute approximate surface area is 92.4 Å². The van der Waals surface area contributed by atoms with Gasteiger partial charge in [0.25, 0.3) is 0 Å². The Kier molecular flexibility index (Phi) is 2.00. The first-order valence-electron chi connectivity index (χ1n) is 6.01. The van der Waals surface area contributed by atoms with E-state index in [2.05, 4.69) is 0 Å². The van der Waals surface area contributed by atoms with Gasteiger partial charge >= 0.3 is 6.18 Å². The van der Waals surface area contributed by atoms with Crippen molar-refractivity contribution in [2.45, 2.75) is 44.7 Å². The molecule has 0 aromatic heterocycles. The summed E-state index contributed by atoms with van der Waals surface area (Å²) in [6.07, 6.45) is 0.0386. The number of Topliss-reactive ketones (excluding diaryl/α,β-unsaturated/α-hetero) is 1. The molecule has 0 heterocycles. The van der Waals surface area contributed by atoms with Crippen LogP contribution in [-0.2, 0) is 4.79 Å². The highest BCUT2D eigenvalue weighted by atomic mass is 19.4. The highest BCUT2D eigenvalue weighted by Gasteiger charge is 2.60. The molecule has 4 aliphatic rings. The maximum absolute atomic E-state index is 12.6. The molecule has 0 aromatic carbocycles. The molecule has 0 amide bonds. The number of rotatable bonds is 1. The summed E-state index contributed by atoms with van der Waals surface area (Å²) in [6, 6.07) is 0. The van der Waals surface area contributed by atoms with Crippen molar-refractivity contribution in [3.63, 3.8) is 0 Å². The Morgan fingerprint density at radius 3 is 1.62 bits per heavy atom. The van der Waals surface area contributed by atoms with Crippen LogP contribution in [0.3, 0.4) is 0 Å². The van der Waals surface area contributed by atoms with Crippen LogP contribution in [0, 0.1) is 23.2 Å². The lowest BCUT2D eigenvalue weighted by Gasteiger charge is -2.55. The number of hydrogen-bond donors (Lipinski definition) is 0. The summed E-state index contributed by atoms with van der Waals surface area (Å²) in [6.45, 7) is 0. The molecule has 0 aromatic rings. The minimum absolute atomic E-state index is 0.387. The van der Waals surface area contributed by atoms with Gasteiger partial charge < -0.3 is 0 Å². The third-order valence-electron chi connectivity index (χ3n) is 4.78. The van der Waals surface area contributed by atoms with Crippen LogP contribution in [0.5, 0.6) is 0 Å². The van der Waals surface area contributed by atoms with Gasteiger partial charge in [0.1, 0.15) is 0 Å². The molecular weight excluding hydrogens is 217 g/mol. The van der Waals surface area contributed by atoms with E-state index in [-0.39, 0.29) is 0 Å². The summed E-state index contributed by atoms with van der Waals surface area (Å²) >= 11 is 0. The molecule has 0 atom stereocenters. The number of alkyl halides is 3. The molecule has 0 saturated heterocycles. The number of carbonyl (C=O) groups is 1. The minimum atomic E-state index is -4.63. The van der Waals surface area contributed by atoms with Gasteiger partial charge in [-0.05, 0) is 56.3 Å². The first-order valence-corrected chi connectivity index (χ1v) is 6.01. The Morgan fingerprint density at radius 1 is 0.938 bits per heavy atom. The molecule has 0 radical (unpaired) electrons. The predicted molar refractivity (Wildman–Crippen MR) is 51.7 cm³/mol. The predicted octanol–water partition coefficient (Wildman–Crippen LogP) is 3.33. The lowest BCUT2D eigenvalue weighted by Crippen LogP contribution is -2.53. The molecule has 0 spiro atoms. The molecule has 1 nitrogen and oxygen atoms in total. The fourth-order valence-corrected chi connectivity index (χ4v) is 4.69. The molecular formula is C12H15F3O. The molecule has 16 heavy (non-hydrogen) atoms. The molecule has 4 bridgehead atoms. The Morgan fingerprint density at radius 2 is 1.31 bits per heavy atom. The van der Waals surface area contributed by atoms with Gasteiger partial charge in [-0.3, -0.25) is 4.79 Å². The van der Waals surface area contributed by atoms with E-state index in [1.165, 1.54) is 0 Å². The quantitative estimate of drug-likeness (QED) is 0.677. The smallest absolute Gasteiger partial charge is 0.289 e. The van der Waals surface area contributed by atoms with Gasteiger partial charge in [-0.1, -0.05) is 0 Å². The Balaban J connectivity index is 1.91. The third kappa shape index (κ3) is 1.41. The molecule has 0 unspecified atom stereocenters. The fraction of sp³-hybridized carbons (Fsp3) is 0.917. The van der Waals surface area contributed by atoms with Gasteiger partial charge in [0, 0.05) is 5.41 Å². The molecule has 0 N–H and O–H groups in total. The zero-order chi connectivity index (χ0) is 11.6. The number of ketones is 1. The van der Waals surface area contributed by atoms with Gasteiger partial charge in [-0.2, -0.15) is 13.2 Å². The van der Waals surface area contributed by atoms with Crippen molar-refractivity contribution >= 4 is 5.78 Å². The number of carbonyl (C=O) groups excluding carboxylic acids is 1. The van der Waals surface area contributed by atoms with Gasteiger partial charge in [0.05, 0.1) is 0 Å². The summed E-state index contributed by atoms with van der Waals surface area (Å²) in [5, 5.41) is 0. The summed E-state index contributed by atoms with van der Waals surface area (Å²) < 4.78 is 37.8. The molecule has 4 saturated carbocycles. The fourth-order valence-electron chi connectivity index (χ4n) is 4.69. The Hall–Kier alpha value is -0.540. The molecule has 4 rings (SSSR count). The summed E-state index contributed by atoms with van der Waals surface area (Å²) in [7, 11) is 0. The average Bonchev–Trinajstić information content (AvgIpc) is 2.12. The van der Waals surface area contributed by atoms with Gasteiger partial charge in [0.2, 0.25) is 5.78 Å². The van der Waals surface area contributed by atoms with Gasteiger partial charge in [-0.25, -0.2) is 0 Å². The van der Waals surface area contributed by atoms with E-state index in [4.69, 9.17) is 0 Å². The summed E-state index contributed by atoms with van der Waals surface area (Å²) in [4.78, 5) is 11.6. The number of hydrogen-bond acceptors (Lipinski definition) is 1. The molecule has 90 valence electrons. The van der Waals surface area contributed by atoms with Crippen molar-refractivity contribution in [3.8, 4) is 0 Å². The lowest BCUT2D eigenvalue weighted by molar-refractivity contribution is -0.194. The van der Waals surface area contributed by atoms with Crippen molar-refractivity contribution in [3.05, 3.63) is 0 Å². The Bertz CT molecular complexity index is 296. The zero-order valence-electron chi connectivity index (χ0n) is 9.02. The van der Waals surface area contributed by atoms with Crippen LogP contribution in [0.15, 0.2) is 0 Å². The van der Waals surface area contributed by atoms with Crippen LogP contribution < -0.4 is 0 Å². The topological polar surface area (TPSA) is 17.1 Å². The van der Waals surface area contributed by atoms with Crippen LogP contribution in [-0.4, -0.2) is 12.0 Å². The zero-order valence-corrected chi connectivity index (χ0v) is 9.02. The lowest BCUT2D eigenvalue weighted by atomic mass is 9.48. The van der Waals surface area contributed by atoms with E-state index >= 15 is 0 Å². The minimum Gasteiger partial charge on any atom is -0.289 e.